The number of nitriles is 1. The Bertz CT molecular complexity index is 570. The highest BCUT2D eigenvalue weighted by Gasteiger charge is 2.03. The Hall–Kier alpha value is -2.41. The summed E-state index contributed by atoms with van der Waals surface area (Å²) in [6.07, 6.45) is 1.54. The maximum atomic E-state index is 13.3. The van der Waals surface area contributed by atoms with Gasteiger partial charge in [0.1, 0.15) is 17.6 Å². The van der Waals surface area contributed by atoms with E-state index in [0.717, 1.165) is 5.69 Å². The van der Waals surface area contributed by atoms with Gasteiger partial charge < -0.3 is 5.32 Å². The molecule has 84 valence electrons. The van der Waals surface area contributed by atoms with Gasteiger partial charge in [-0.15, -0.1) is 0 Å². The normalized spacial score (nSPS) is 9.71. The second-order valence-corrected chi connectivity index (χ2v) is 3.58. The largest absolute Gasteiger partial charge is 0.354 e. The molecule has 0 aliphatic rings. The summed E-state index contributed by atoms with van der Waals surface area (Å²) in [6, 6.07) is 10.1. The molecular formula is C13H10FN3. The lowest BCUT2D eigenvalue weighted by Crippen LogP contribution is -1.96. The standard InChI is InChI=1S/C13H10FN3/c1-9-12(14)3-2-4-13(9)17-11-6-5-10(7-15)16-8-11/h2-6,8,17H,1H3. The molecule has 0 unspecified atom stereocenters. The van der Waals surface area contributed by atoms with E-state index in [0.29, 0.717) is 16.9 Å². The Labute approximate surface area is 98.5 Å². The SMILES string of the molecule is Cc1c(F)cccc1Nc1ccc(C#N)nc1. The Balaban J connectivity index is 2.26. The molecule has 0 spiro atoms. The van der Waals surface area contributed by atoms with Crippen molar-refractivity contribution in [1.29, 1.82) is 5.26 Å². The summed E-state index contributed by atoms with van der Waals surface area (Å²) in [5.41, 5.74) is 2.32. The molecule has 0 saturated carbocycles. The lowest BCUT2D eigenvalue weighted by Gasteiger charge is -2.09. The molecular weight excluding hydrogens is 217 g/mol. The maximum absolute atomic E-state index is 13.3. The Kier molecular flexibility index (Phi) is 3.01. The molecule has 4 heteroatoms. The smallest absolute Gasteiger partial charge is 0.140 e. The van der Waals surface area contributed by atoms with Gasteiger partial charge in [0.2, 0.25) is 0 Å². The van der Waals surface area contributed by atoms with Crippen molar-refractivity contribution in [1.82, 2.24) is 4.98 Å². The lowest BCUT2D eigenvalue weighted by atomic mass is 10.2. The van der Waals surface area contributed by atoms with E-state index in [1.54, 1.807) is 37.4 Å². The fourth-order valence-electron chi connectivity index (χ4n) is 1.43. The minimum Gasteiger partial charge on any atom is -0.354 e. The molecule has 1 aromatic heterocycles. The summed E-state index contributed by atoms with van der Waals surface area (Å²) in [5, 5.41) is 11.7. The third kappa shape index (κ3) is 2.40. The maximum Gasteiger partial charge on any atom is 0.140 e. The number of anilines is 2. The number of rotatable bonds is 2. The molecule has 2 rings (SSSR count). The van der Waals surface area contributed by atoms with E-state index in [9.17, 15) is 4.39 Å². The van der Waals surface area contributed by atoms with Crippen LogP contribution in [0.1, 0.15) is 11.3 Å². The van der Waals surface area contributed by atoms with Gasteiger partial charge in [0.15, 0.2) is 0 Å². The van der Waals surface area contributed by atoms with Crippen LogP contribution in [0.15, 0.2) is 36.5 Å². The van der Waals surface area contributed by atoms with Crippen molar-refractivity contribution in [3.8, 4) is 6.07 Å². The van der Waals surface area contributed by atoms with Crippen LogP contribution in [0.25, 0.3) is 0 Å². The number of hydrogen-bond acceptors (Lipinski definition) is 3. The quantitative estimate of drug-likeness (QED) is 0.857. The Morgan fingerprint density at radius 1 is 1.29 bits per heavy atom. The first kappa shape index (κ1) is 11.1. The molecule has 1 heterocycles. The number of halogens is 1. The van der Waals surface area contributed by atoms with Gasteiger partial charge in [-0.25, -0.2) is 9.37 Å². The molecule has 0 radical (unpaired) electrons. The number of nitrogens with one attached hydrogen (secondary N) is 1. The first-order valence-corrected chi connectivity index (χ1v) is 5.09. The van der Waals surface area contributed by atoms with Crippen LogP contribution < -0.4 is 5.32 Å². The second kappa shape index (κ2) is 4.62. The van der Waals surface area contributed by atoms with Crippen molar-refractivity contribution in [2.45, 2.75) is 6.92 Å². The van der Waals surface area contributed by atoms with Gasteiger partial charge in [-0.3, -0.25) is 0 Å². The molecule has 3 nitrogen and oxygen atoms in total. The van der Waals surface area contributed by atoms with Gasteiger partial charge in [-0.1, -0.05) is 6.07 Å². The average Bonchev–Trinajstić information content (AvgIpc) is 2.36. The number of nitrogens with zero attached hydrogens (tertiary/aromatic N) is 2. The van der Waals surface area contributed by atoms with Crippen molar-refractivity contribution in [3.05, 3.63) is 53.6 Å². The molecule has 0 saturated heterocycles. The van der Waals surface area contributed by atoms with E-state index in [4.69, 9.17) is 5.26 Å². The van der Waals surface area contributed by atoms with Gasteiger partial charge in [-0.2, -0.15) is 5.26 Å². The van der Waals surface area contributed by atoms with Gasteiger partial charge >= 0.3 is 0 Å². The number of benzene rings is 1. The second-order valence-electron chi connectivity index (χ2n) is 3.58. The summed E-state index contributed by atoms with van der Waals surface area (Å²) in [7, 11) is 0. The minimum atomic E-state index is -0.253. The van der Waals surface area contributed by atoms with Crippen LogP contribution in [-0.2, 0) is 0 Å². The average molecular weight is 227 g/mol. The lowest BCUT2D eigenvalue weighted by molar-refractivity contribution is 0.619. The molecule has 0 atom stereocenters. The van der Waals surface area contributed by atoms with Crippen LogP contribution in [-0.4, -0.2) is 4.98 Å². The first-order chi connectivity index (χ1) is 8.20. The van der Waals surface area contributed by atoms with Crippen LogP contribution in [0.4, 0.5) is 15.8 Å². The predicted molar refractivity (Wildman–Crippen MR) is 63.4 cm³/mol. The molecule has 1 N–H and O–H groups in total. The van der Waals surface area contributed by atoms with Gasteiger partial charge in [0.25, 0.3) is 0 Å². The molecule has 0 bridgehead atoms. The molecule has 0 aliphatic carbocycles. The Morgan fingerprint density at radius 2 is 2.12 bits per heavy atom. The highest BCUT2D eigenvalue weighted by atomic mass is 19.1. The molecule has 0 amide bonds. The van der Waals surface area contributed by atoms with E-state index in [1.165, 1.54) is 6.07 Å². The summed E-state index contributed by atoms with van der Waals surface area (Å²) >= 11 is 0. The fourth-order valence-corrected chi connectivity index (χ4v) is 1.43. The first-order valence-electron chi connectivity index (χ1n) is 5.09. The Morgan fingerprint density at radius 3 is 2.76 bits per heavy atom. The minimum absolute atomic E-state index is 0.253. The zero-order valence-electron chi connectivity index (χ0n) is 9.24. The van der Waals surface area contributed by atoms with Gasteiger partial charge in [0.05, 0.1) is 11.9 Å². The van der Waals surface area contributed by atoms with Crippen LogP contribution >= 0.6 is 0 Å². The zero-order chi connectivity index (χ0) is 12.3. The van der Waals surface area contributed by atoms with E-state index < -0.39 is 0 Å². The highest BCUT2D eigenvalue weighted by Crippen LogP contribution is 2.21. The van der Waals surface area contributed by atoms with Gasteiger partial charge in [-0.05, 0) is 31.2 Å². The van der Waals surface area contributed by atoms with Crippen molar-refractivity contribution in [2.24, 2.45) is 0 Å². The summed E-state index contributed by atoms with van der Waals surface area (Å²) < 4.78 is 13.3. The number of hydrogen-bond donors (Lipinski definition) is 1. The number of pyridine rings is 1. The molecule has 0 aliphatic heterocycles. The van der Waals surface area contributed by atoms with E-state index in [-0.39, 0.29) is 5.82 Å². The van der Waals surface area contributed by atoms with Crippen LogP contribution in [0.5, 0.6) is 0 Å². The third-order valence-corrected chi connectivity index (χ3v) is 2.42. The predicted octanol–water partition coefficient (Wildman–Crippen LogP) is 3.14. The summed E-state index contributed by atoms with van der Waals surface area (Å²) in [6.45, 7) is 1.70. The van der Waals surface area contributed by atoms with Crippen molar-refractivity contribution in [3.63, 3.8) is 0 Å². The van der Waals surface area contributed by atoms with E-state index in [2.05, 4.69) is 10.3 Å². The summed E-state index contributed by atoms with van der Waals surface area (Å²) in [5.74, 6) is -0.253. The molecule has 0 fully saturated rings. The third-order valence-electron chi connectivity index (χ3n) is 2.42. The van der Waals surface area contributed by atoms with E-state index in [1.807, 2.05) is 6.07 Å². The summed E-state index contributed by atoms with van der Waals surface area (Å²) in [4.78, 5) is 3.93. The van der Waals surface area contributed by atoms with Gasteiger partial charge in [0, 0.05) is 11.3 Å². The van der Waals surface area contributed by atoms with Crippen LogP contribution in [0.2, 0.25) is 0 Å². The molecule has 2 aromatic rings. The number of aromatic nitrogens is 1. The van der Waals surface area contributed by atoms with Crippen molar-refractivity contribution < 1.29 is 4.39 Å². The van der Waals surface area contributed by atoms with Crippen LogP contribution in [0, 0.1) is 24.1 Å². The zero-order valence-corrected chi connectivity index (χ0v) is 9.24. The molecule has 17 heavy (non-hydrogen) atoms. The van der Waals surface area contributed by atoms with Crippen LogP contribution in [0.3, 0.4) is 0 Å². The topological polar surface area (TPSA) is 48.7 Å². The fraction of sp³-hybridized carbons (Fsp3) is 0.0769. The van der Waals surface area contributed by atoms with Crippen molar-refractivity contribution in [2.75, 3.05) is 5.32 Å². The highest BCUT2D eigenvalue weighted by molar-refractivity contribution is 5.62. The van der Waals surface area contributed by atoms with Crippen molar-refractivity contribution >= 4 is 11.4 Å². The molecule has 1 aromatic carbocycles. The monoisotopic (exact) mass is 227 g/mol. The van der Waals surface area contributed by atoms with E-state index >= 15 is 0 Å².